The maximum atomic E-state index is 15.5. The lowest BCUT2D eigenvalue weighted by Gasteiger charge is -2.19. The van der Waals surface area contributed by atoms with Gasteiger partial charge in [0.2, 0.25) is 23.4 Å². The van der Waals surface area contributed by atoms with E-state index in [1.807, 2.05) is 0 Å². The first-order chi connectivity index (χ1) is 21.5. The molecule has 5 aromatic rings. The molecular formula is C21H22FN10O11P2+. The molecule has 6 heterocycles. The van der Waals surface area contributed by atoms with Crippen LogP contribution in [0.15, 0.2) is 28.2 Å². The number of H-pyrrole nitrogens is 1. The van der Waals surface area contributed by atoms with Crippen LogP contribution in [0.5, 0.6) is 5.75 Å². The zero-order valence-corrected chi connectivity index (χ0v) is 24.2. The van der Waals surface area contributed by atoms with Crippen molar-refractivity contribution >= 4 is 49.9 Å². The first-order valence-electron chi connectivity index (χ1n) is 12.6. The molecule has 5 atom stereocenters. The SMILES string of the molecule is Nc1nc2c(ncn2C2CC(OC[P+](=O)O)C(COP(=O)(O)Oc3c(CO)oc(-n4cnc5c(N)ncnc54)c3F)O2)c(=O)[nH]1. The number of hydrogen-bond acceptors (Lipinski definition) is 16. The third-order valence-electron chi connectivity index (χ3n) is 6.53. The number of nitrogens with zero attached hydrogens (tertiary/aromatic N) is 7. The van der Waals surface area contributed by atoms with E-state index in [0.29, 0.717) is 0 Å². The highest BCUT2D eigenvalue weighted by molar-refractivity contribution is 7.47. The zero-order chi connectivity index (χ0) is 32.0. The van der Waals surface area contributed by atoms with Gasteiger partial charge in [-0.25, -0.2) is 29.1 Å². The topological polar surface area (TPSA) is 304 Å². The molecule has 1 fully saturated rings. The van der Waals surface area contributed by atoms with E-state index in [9.17, 15) is 28.8 Å². The standard InChI is InChI=1S/C21H21FN10O11P2/c22-12-15(9(2-33)42-20(12)32-6-27-13-16(23)25-4-26-17(13)32)43-45(37,38)40-3-10-8(39-7-44(35)36)1-11(41-10)31-5-28-14-18(31)29-21(24)30-19(14)34/h4-6,8,10-11,33H,1-3,7H2,(H6-,23,24,25,26,29,30,34,35,36,37,38)/p+1. The third-order valence-corrected chi connectivity index (χ3v) is 7.79. The number of nitrogen functional groups attached to an aromatic ring is 2. The number of furan rings is 1. The van der Waals surface area contributed by atoms with Gasteiger partial charge in [-0.2, -0.15) is 14.3 Å². The normalized spacial score (nSPS) is 20.2. The van der Waals surface area contributed by atoms with Gasteiger partial charge in [0.15, 0.2) is 33.9 Å². The Kier molecular flexibility index (Phi) is 8.05. The van der Waals surface area contributed by atoms with E-state index in [-0.39, 0.29) is 40.5 Å². The first-order valence-corrected chi connectivity index (χ1v) is 15.5. The van der Waals surface area contributed by atoms with Crippen molar-refractivity contribution in [2.45, 2.75) is 31.5 Å². The van der Waals surface area contributed by atoms with E-state index in [0.717, 1.165) is 17.2 Å². The molecule has 1 saturated heterocycles. The van der Waals surface area contributed by atoms with Crippen LogP contribution in [0, 0.1) is 5.82 Å². The van der Waals surface area contributed by atoms with Crippen LogP contribution in [-0.2, 0) is 29.7 Å². The summed E-state index contributed by atoms with van der Waals surface area (Å²) < 4.78 is 68.8. The van der Waals surface area contributed by atoms with Gasteiger partial charge < -0.3 is 35.0 Å². The minimum absolute atomic E-state index is 0.00221. The van der Waals surface area contributed by atoms with Crippen molar-refractivity contribution < 1.29 is 51.4 Å². The fraction of sp³-hybridized carbons (Fsp3) is 0.333. The molecule has 0 spiro atoms. The van der Waals surface area contributed by atoms with Gasteiger partial charge in [-0.1, -0.05) is 0 Å². The number of aliphatic hydroxyl groups excluding tert-OH is 1. The van der Waals surface area contributed by atoms with Gasteiger partial charge in [0.05, 0.1) is 19.0 Å². The molecule has 238 valence electrons. The highest BCUT2D eigenvalue weighted by Crippen LogP contribution is 2.48. The summed E-state index contributed by atoms with van der Waals surface area (Å²) in [6.45, 7) is -1.65. The van der Waals surface area contributed by atoms with Gasteiger partial charge >= 0.3 is 15.9 Å². The number of phosphoric acid groups is 1. The number of aromatic amines is 1. The Morgan fingerprint density at radius 1 is 1.20 bits per heavy atom. The van der Waals surface area contributed by atoms with Gasteiger partial charge in [-0.05, 0) is 4.57 Å². The molecule has 0 saturated carbocycles. The molecule has 0 aliphatic carbocycles. The van der Waals surface area contributed by atoms with Crippen LogP contribution in [0.2, 0.25) is 0 Å². The van der Waals surface area contributed by atoms with E-state index in [1.165, 1.54) is 10.9 Å². The van der Waals surface area contributed by atoms with Crippen molar-refractivity contribution in [3.8, 4) is 11.6 Å². The molecule has 1 aliphatic heterocycles. The van der Waals surface area contributed by atoms with Crippen molar-refractivity contribution in [1.29, 1.82) is 0 Å². The summed E-state index contributed by atoms with van der Waals surface area (Å²) in [5.74, 6) is -3.58. The second-order valence-electron chi connectivity index (χ2n) is 9.36. The molecule has 0 bridgehead atoms. The van der Waals surface area contributed by atoms with Crippen molar-refractivity contribution in [2.24, 2.45) is 0 Å². The molecule has 6 rings (SSSR count). The maximum absolute atomic E-state index is 15.5. The number of nitrogens with two attached hydrogens (primary N) is 2. The molecular weight excluding hydrogens is 649 g/mol. The zero-order valence-electron chi connectivity index (χ0n) is 22.5. The third kappa shape index (κ3) is 5.88. The summed E-state index contributed by atoms with van der Waals surface area (Å²) in [7, 11) is -7.89. The van der Waals surface area contributed by atoms with Gasteiger partial charge in [0.25, 0.3) is 11.9 Å². The second kappa shape index (κ2) is 11.8. The van der Waals surface area contributed by atoms with Crippen LogP contribution < -0.4 is 21.6 Å². The smallest absolute Gasteiger partial charge is 0.435 e. The molecule has 5 unspecified atom stereocenters. The molecule has 45 heavy (non-hydrogen) atoms. The number of nitrogens with one attached hydrogen (secondary N) is 1. The van der Waals surface area contributed by atoms with Crippen LogP contribution in [0.4, 0.5) is 16.2 Å². The number of fused-ring (bicyclic) bond motifs is 2. The average Bonchev–Trinajstić information content (AvgIpc) is 3.76. The molecule has 0 amide bonds. The van der Waals surface area contributed by atoms with Crippen LogP contribution in [0.3, 0.4) is 0 Å². The summed E-state index contributed by atoms with van der Waals surface area (Å²) >= 11 is 0. The van der Waals surface area contributed by atoms with Crippen LogP contribution in [0.1, 0.15) is 18.4 Å². The fourth-order valence-electron chi connectivity index (χ4n) is 4.60. The minimum Gasteiger partial charge on any atom is -0.435 e. The fourth-order valence-corrected chi connectivity index (χ4v) is 5.72. The summed E-state index contributed by atoms with van der Waals surface area (Å²) in [5, 5.41) is 9.73. The molecule has 8 N–H and O–H groups in total. The number of anilines is 2. The lowest BCUT2D eigenvalue weighted by atomic mass is 10.2. The predicted octanol–water partition coefficient (Wildman–Crippen LogP) is 0.198. The van der Waals surface area contributed by atoms with Crippen LogP contribution >= 0.6 is 15.9 Å². The van der Waals surface area contributed by atoms with Gasteiger partial charge in [-0.15, -0.1) is 0 Å². The Labute approximate surface area is 249 Å². The number of hydrogen-bond donors (Lipinski definition) is 6. The quantitative estimate of drug-likeness (QED) is 0.102. The Morgan fingerprint density at radius 2 is 1.98 bits per heavy atom. The summed E-state index contributed by atoms with van der Waals surface area (Å²) in [6.07, 6.45) is -0.216. The van der Waals surface area contributed by atoms with Crippen molar-refractivity contribution in [2.75, 3.05) is 24.4 Å². The summed E-state index contributed by atoms with van der Waals surface area (Å²) in [4.78, 5) is 54.0. The predicted molar refractivity (Wildman–Crippen MR) is 146 cm³/mol. The second-order valence-corrected chi connectivity index (χ2v) is 11.7. The number of ether oxygens (including phenoxy) is 2. The highest BCUT2D eigenvalue weighted by Gasteiger charge is 2.42. The number of aliphatic hydroxyl groups is 1. The lowest BCUT2D eigenvalue weighted by molar-refractivity contribution is -0.0530. The molecule has 21 nitrogen and oxygen atoms in total. The van der Waals surface area contributed by atoms with Crippen LogP contribution in [0.25, 0.3) is 28.2 Å². The number of rotatable bonds is 11. The molecule has 0 radical (unpaired) electrons. The number of halogens is 1. The number of aromatic nitrogens is 8. The van der Waals surface area contributed by atoms with E-state index >= 15 is 4.39 Å². The largest absolute Gasteiger partial charge is 0.534 e. The van der Waals surface area contributed by atoms with Crippen molar-refractivity contribution in [1.82, 2.24) is 39.0 Å². The van der Waals surface area contributed by atoms with E-state index < -0.39 is 82.6 Å². The minimum atomic E-state index is -5.17. The molecule has 1 aliphatic rings. The van der Waals surface area contributed by atoms with E-state index in [1.54, 1.807) is 0 Å². The molecule has 24 heteroatoms. The monoisotopic (exact) mass is 671 g/mol. The number of phosphoric ester groups is 1. The Hall–Kier alpha value is -4.40. The van der Waals surface area contributed by atoms with Crippen molar-refractivity contribution in [3.05, 3.63) is 40.9 Å². The lowest BCUT2D eigenvalue weighted by Crippen LogP contribution is -2.29. The first kappa shape index (κ1) is 30.6. The summed E-state index contributed by atoms with van der Waals surface area (Å²) in [6, 6.07) is 0. The average molecular weight is 671 g/mol. The highest BCUT2D eigenvalue weighted by atomic mass is 31.2. The summed E-state index contributed by atoms with van der Waals surface area (Å²) in [5.41, 5.74) is 11.0. The Bertz CT molecular complexity index is 2030. The number of imidazole rings is 2. The van der Waals surface area contributed by atoms with E-state index in [2.05, 4.69) is 29.9 Å². The Balaban J connectivity index is 1.22. The van der Waals surface area contributed by atoms with Crippen molar-refractivity contribution in [3.63, 3.8) is 0 Å². The molecule has 5 aromatic heterocycles. The van der Waals surface area contributed by atoms with E-state index in [4.69, 9.17) is 34.4 Å². The van der Waals surface area contributed by atoms with Gasteiger partial charge in [0.1, 0.15) is 31.6 Å². The Morgan fingerprint density at radius 3 is 2.73 bits per heavy atom. The maximum Gasteiger partial charge on any atom is 0.534 e. The molecule has 0 aromatic carbocycles. The van der Waals surface area contributed by atoms with Gasteiger partial charge in [-0.3, -0.25) is 23.8 Å². The van der Waals surface area contributed by atoms with Gasteiger partial charge in [0, 0.05) is 6.42 Å². The van der Waals surface area contributed by atoms with Crippen LogP contribution in [-0.4, -0.2) is 79.1 Å².